The summed E-state index contributed by atoms with van der Waals surface area (Å²) >= 11 is 0. The molecule has 0 unspecified atom stereocenters. The monoisotopic (exact) mass is 166 g/mol. The van der Waals surface area contributed by atoms with E-state index < -0.39 is 22.0 Å². The van der Waals surface area contributed by atoms with Gasteiger partial charge in [0.1, 0.15) is 0 Å². The molecule has 1 fully saturated rings. The van der Waals surface area contributed by atoms with Crippen LogP contribution in [0.5, 0.6) is 0 Å². The van der Waals surface area contributed by atoms with Crippen LogP contribution in [0.4, 0.5) is 0 Å². The van der Waals surface area contributed by atoms with E-state index in [-0.39, 0.29) is 11.5 Å². The molecule has 6 heteroatoms. The lowest BCUT2D eigenvalue weighted by Gasteiger charge is -2.08. The van der Waals surface area contributed by atoms with Gasteiger partial charge in [-0.15, -0.1) is 0 Å². The Balaban J connectivity index is 2.71. The molecule has 1 aliphatic heterocycles. The first-order chi connectivity index (χ1) is 4.55. The standard InChI is InChI=1S/C4H10N2O3S/c5-6-3-1-10(8,9)2-4(3)7/h3-4,6-7H,1-2,5H2/t3-,4-/m1/s1. The van der Waals surface area contributed by atoms with E-state index in [0.29, 0.717) is 0 Å². The minimum Gasteiger partial charge on any atom is -0.390 e. The summed E-state index contributed by atoms with van der Waals surface area (Å²) in [6, 6.07) is -0.495. The molecule has 5 nitrogen and oxygen atoms in total. The van der Waals surface area contributed by atoms with Gasteiger partial charge in [0.2, 0.25) is 0 Å². The van der Waals surface area contributed by atoms with Crippen LogP contribution in [-0.2, 0) is 9.84 Å². The van der Waals surface area contributed by atoms with Gasteiger partial charge in [-0.2, -0.15) is 0 Å². The average Bonchev–Trinajstić information content (AvgIpc) is 2.05. The molecule has 2 atom stereocenters. The molecule has 1 saturated heterocycles. The summed E-state index contributed by atoms with van der Waals surface area (Å²) in [5, 5.41) is 9.00. The highest BCUT2D eigenvalue weighted by molar-refractivity contribution is 7.91. The maximum atomic E-state index is 10.8. The Morgan fingerprint density at radius 2 is 2.10 bits per heavy atom. The molecule has 0 aromatic heterocycles. The minimum absolute atomic E-state index is 0.0648. The predicted octanol–water partition coefficient (Wildman–Crippen LogP) is -2.39. The number of hydrazine groups is 1. The maximum Gasteiger partial charge on any atom is 0.154 e. The van der Waals surface area contributed by atoms with E-state index in [0.717, 1.165) is 0 Å². The fraction of sp³-hybridized carbons (Fsp3) is 1.00. The van der Waals surface area contributed by atoms with Crippen molar-refractivity contribution in [3.05, 3.63) is 0 Å². The number of sulfone groups is 1. The number of nitrogens with one attached hydrogen (secondary N) is 1. The molecule has 1 heterocycles. The zero-order valence-electron chi connectivity index (χ0n) is 5.32. The number of rotatable bonds is 1. The Bertz CT molecular complexity index is 213. The summed E-state index contributed by atoms with van der Waals surface area (Å²) in [5.41, 5.74) is 2.24. The van der Waals surface area contributed by atoms with Gasteiger partial charge >= 0.3 is 0 Å². The van der Waals surface area contributed by atoms with E-state index >= 15 is 0 Å². The van der Waals surface area contributed by atoms with Gasteiger partial charge in [-0.3, -0.25) is 11.3 Å². The average molecular weight is 166 g/mol. The van der Waals surface area contributed by atoms with E-state index in [4.69, 9.17) is 10.9 Å². The highest BCUT2D eigenvalue weighted by Gasteiger charge is 2.35. The summed E-state index contributed by atoms with van der Waals surface area (Å²) in [7, 11) is -3.05. The molecule has 60 valence electrons. The smallest absolute Gasteiger partial charge is 0.154 e. The van der Waals surface area contributed by atoms with Crippen molar-refractivity contribution in [2.45, 2.75) is 12.1 Å². The van der Waals surface area contributed by atoms with Gasteiger partial charge in [0.05, 0.1) is 23.7 Å². The lowest BCUT2D eigenvalue weighted by Crippen LogP contribution is -2.43. The van der Waals surface area contributed by atoms with Crippen molar-refractivity contribution in [1.29, 1.82) is 0 Å². The van der Waals surface area contributed by atoms with Gasteiger partial charge in [-0.1, -0.05) is 0 Å². The molecular weight excluding hydrogens is 156 g/mol. The van der Waals surface area contributed by atoms with Gasteiger partial charge < -0.3 is 5.11 Å². The van der Waals surface area contributed by atoms with Crippen LogP contribution >= 0.6 is 0 Å². The van der Waals surface area contributed by atoms with Crippen LogP contribution in [0.25, 0.3) is 0 Å². The predicted molar refractivity (Wildman–Crippen MR) is 35.8 cm³/mol. The van der Waals surface area contributed by atoms with Gasteiger partial charge in [0, 0.05) is 0 Å². The van der Waals surface area contributed by atoms with Crippen molar-refractivity contribution in [2.24, 2.45) is 5.84 Å². The molecular formula is C4H10N2O3S. The van der Waals surface area contributed by atoms with E-state index in [1.165, 1.54) is 0 Å². The van der Waals surface area contributed by atoms with Crippen molar-refractivity contribution < 1.29 is 13.5 Å². The molecule has 0 spiro atoms. The second kappa shape index (κ2) is 2.46. The summed E-state index contributed by atoms with van der Waals surface area (Å²) in [6.07, 6.45) is -0.852. The lowest BCUT2D eigenvalue weighted by molar-refractivity contribution is 0.166. The quantitative estimate of drug-likeness (QED) is 0.298. The first kappa shape index (κ1) is 7.93. The van der Waals surface area contributed by atoms with Crippen molar-refractivity contribution >= 4 is 9.84 Å². The Morgan fingerprint density at radius 1 is 1.50 bits per heavy atom. The van der Waals surface area contributed by atoms with Crippen molar-refractivity contribution in [1.82, 2.24) is 5.43 Å². The largest absolute Gasteiger partial charge is 0.390 e. The zero-order valence-corrected chi connectivity index (χ0v) is 6.13. The number of hydrogen-bond acceptors (Lipinski definition) is 5. The molecule has 1 rings (SSSR count). The fourth-order valence-electron chi connectivity index (χ4n) is 0.988. The number of aliphatic hydroxyl groups excluding tert-OH is 1. The molecule has 0 bridgehead atoms. The van der Waals surface area contributed by atoms with Gasteiger partial charge in [0.15, 0.2) is 9.84 Å². The Morgan fingerprint density at radius 3 is 2.30 bits per heavy atom. The first-order valence-electron chi connectivity index (χ1n) is 2.90. The molecule has 0 saturated carbocycles. The lowest BCUT2D eigenvalue weighted by atomic mass is 10.2. The van der Waals surface area contributed by atoms with E-state index in [1.54, 1.807) is 0 Å². The molecule has 4 N–H and O–H groups in total. The van der Waals surface area contributed by atoms with Crippen LogP contribution in [0.2, 0.25) is 0 Å². The second-order valence-electron chi connectivity index (χ2n) is 2.42. The zero-order chi connectivity index (χ0) is 7.78. The topological polar surface area (TPSA) is 92.4 Å². The van der Waals surface area contributed by atoms with Crippen LogP contribution in [0.15, 0.2) is 0 Å². The molecule has 0 radical (unpaired) electrons. The molecule has 0 aromatic rings. The Labute approximate surface area is 59.1 Å². The van der Waals surface area contributed by atoms with Crippen molar-refractivity contribution in [2.75, 3.05) is 11.5 Å². The third-order valence-corrected chi connectivity index (χ3v) is 3.25. The summed E-state index contributed by atoms with van der Waals surface area (Å²) < 4.78 is 21.5. The number of hydrogen-bond donors (Lipinski definition) is 3. The SMILES string of the molecule is NN[C@@H]1CS(=O)(=O)C[C@H]1O. The fourth-order valence-corrected chi connectivity index (χ4v) is 2.74. The van der Waals surface area contributed by atoms with Gasteiger partial charge in [0.25, 0.3) is 0 Å². The van der Waals surface area contributed by atoms with Crippen LogP contribution < -0.4 is 11.3 Å². The molecule has 1 aliphatic rings. The van der Waals surface area contributed by atoms with Crippen LogP contribution in [0, 0.1) is 0 Å². The minimum atomic E-state index is -3.05. The summed E-state index contributed by atoms with van der Waals surface area (Å²) in [6.45, 7) is 0. The van der Waals surface area contributed by atoms with E-state index in [1.807, 2.05) is 0 Å². The summed E-state index contributed by atoms with van der Waals surface area (Å²) in [4.78, 5) is 0. The third kappa shape index (κ3) is 1.46. The Hall–Kier alpha value is -0.170. The van der Waals surface area contributed by atoms with Gasteiger partial charge in [-0.25, -0.2) is 8.42 Å². The highest BCUT2D eigenvalue weighted by Crippen LogP contribution is 2.10. The van der Waals surface area contributed by atoms with Crippen molar-refractivity contribution in [3.63, 3.8) is 0 Å². The third-order valence-electron chi connectivity index (χ3n) is 1.54. The van der Waals surface area contributed by atoms with E-state index in [9.17, 15) is 8.42 Å². The second-order valence-corrected chi connectivity index (χ2v) is 4.57. The highest BCUT2D eigenvalue weighted by atomic mass is 32.2. The normalized spacial score (nSPS) is 38.2. The van der Waals surface area contributed by atoms with Crippen molar-refractivity contribution in [3.8, 4) is 0 Å². The molecule has 10 heavy (non-hydrogen) atoms. The maximum absolute atomic E-state index is 10.8. The molecule has 0 aromatic carbocycles. The Kier molecular flexibility index (Phi) is 1.95. The molecule has 0 aliphatic carbocycles. The van der Waals surface area contributed by atoms with Crippen LogP contribution in [0.1, 0.15) is 0 Å². The first-order valence-corrected chi connectivity index (χ1v) is 4.72. The van der Waals surface area contributed by atoms with Crippen LogP contribution in [-0.4, -0.2) is 37.2 Å². The van der Waals surface area contributed by atoms with Gasteiger partial charge in [-0.05, 0) is 0 Å². The number of aliphatic hydroxyl groups is 1. The molecule has 0 amide bonds. The van der Waals surface area contributed by atoms with E-state index in [2.05, 4.69) is 5.43 Å². The van der Waals surface area contributed by atoms with Crippen LogP contribution in [0.3, 0.4) is 0 Å². The number of nitrogens with two attached hydrogens (primary N) is 1. The summed E-state index contributed by atoms with van der Waals surface area (Å²) in [5.74, 6) is 4.73.